The summed E-state index contributed by atoms with van der Waals surface area (Å²) in [6.07, 6.45) is 4.78. The van der Waals surface area contributed by atoms with E-state index in [2.05, 4.69) is 9.97 Å². The molecule has 2 aromatic heterocycles. The number of aldehydes is 1. The molecule has 80 valence electrons. The third kappa shape index (κ3) is 1.68. The molecule has 0 aliphatic carbocycles. The zero-order valence-electron chi connectivity index (χ0n) is 8.07. The van der Waals surface area contributed by atoms with Gasteiger partial charge in [-0.3, -0.25) is 9.36 Å². The van der Waals surface area contributed by atoms with Crippen molar-refractivity contribution in [2.45, 2.75) is 0 Å². The number of imidazole rings is 1. The highest BCUT2D eigenvalue weighted by Crippen LogP contribution is 2.09. The number of carboxylic acids is 1. The van der Waals surface area contributed by atoms with E-state index in [-0.39, 0.29) is 5.69 Å². The van der Waals surface area contributed by atoms with Crippen LogP contribution in [0, 0.1) is 0 Å². The standard InChI is InChI=1S/C10H7N3O3/c14-5-7-2-1-3-11-9(7)13-4-8(10(15)16)12-6-13/h1-6H,(H,15,16). The van der Waals surface area contributed by atoms with Crippen LogP contribution in [0.4, 0.5) is 0 Å². The molecular formula is C10H7N3O3. The number of hydrogen-bond acceptors (Lipinski definition) is 4. The summed E-state index contributed by atoms with van der Waals surface area (Å²) < 4.78 is 1.40. The number of carbonyl (C=O) groups is 2. The SMILES string of the molecule is O=Cc1cccnc1-n1cnc(C(=O)O)c1. The van der Waals surface area contributed by atoms with E-state index in [9.17, 15) is 9.59 Å². The van der Waals surface area contributed by atoms with Crippen molar-refractivity contribution >= 4 is 12.3 Å². The fourth-order valence-corrected chi connectivity index (χ4v) is 1.27. The smallest absolute Gasteiger partial charge is 0.356 e. The van der Waals surface area contributed by atoms with E-state index in [4.69, 9.17) is 5.11 Å². The first-order valence-electron chi connectivity index (χ1n) is 4.40. The molecule has 0 aliphatic rings. The van der Waals surface area contributed by atoms with Gasteiger partial charge in [-0.15, -0.1) is 0 Å². The van der Waals surface area contributed by atoms with Gasteiger partial charge in [-0.05, 0) is 12.1 Å². The summed E-state index contributed by atoms with van der Waals surface area (Å²) >= 11 is 0. The Hall–Kier alpha value is -2.50. The first kappa shape index (κ1) is 10.0. The first-order valence-corrected chi connectivity index (χ1v) is 4.40. The van der Waals surface area contributed by atoms with Crippen LogP contribution in [0.2, 0.25) is 0 Å². The summed E-state index contributed by atoms with van der Waals surface area (Å²) in [6, 6.07) is 3.22. The molecular weight excluding hydrogens is 210 g/mol. The molecule has 0 aliphatic heterocycles. The van der Waals surface area contributed by atoms with Crippen LogP contribution >= 0.6 is 0 Å². The van der Waals surface area contributed by atoms with Crippen LogP contribution in [0.15, 0.2) is 30.9 Å². The van der Waals surface area contributed by atoms with Gasteiger partial charge in [-0.25, -0.2) is 14.8 Å². The molecule has 0 bridgehead atoms. The molecule has 6 nitrogen and oxygen atoms in total. The van der Waals surface area contributed by atoms with Gasteiger partial charge in [0, 0.05) is 12.4 Å². The Kier molecular flexibility index (Phi) is 2.47. The van der Waals surface area contributed by atoms with Gasteiger partial charge in [0.25, 0.3) is 0 Å². The number of rotatable bonds is 3. The molecule has 0 fully saturated rings. The predicted molar refractivity (Wildman–Crippen MR) is 53.7 cm³/mol. The highest BCUT2D eigenvalue weighted by atomic mass is 16.4. The van der Waals surface area contributed by atoms with Gasteiger partial charge in [0.15, 0.2) is 12.0 Å². The normalized spacial score (nSPS) is 10.0. The topological polar surface area (TPSA) is 85.1 Å². The van der Waals surface area contributed by atoms with E-state index in [0.29, 0.717) is 17.7 Å². The number of aromatic carboxylic acids is 1. The molecule has 0 spiro atoms. The minimum atomic E-state index is -1.12. The van der Waals surface area contributed by atoms with Crippen LogP contribution in [0.3, 0.4) is 0 Å². The molecule has 1 N–H and O–H groups in total. The molecule has 2 rings (SSSR count). The fraction of sp³-hybridized carbons (Fsp3) is 0. The van der Waals surface area contributed by atoms with Crippen molar-refractivity contribution in [2.24, 2.45) is 0 Å². The maximum Gasteiger partial charge on any atom is 0.356 e. The van der Waals surface area contributed by atoms with E-state index in [0.717, 1.165) is 0 Å². The van der Waals surface area contributed by atoms with E-state index in [1.807, 2.05) is 0 Å². The Morgan fingerprint density at radius 1 is 1.44 bits per heavy atom. The van der Waals surface area contributed by atoms with Gasteiger partial charge in [-0.1, -0.05) is 0 Å². The van der Waals surface area contributed by atoms with Gasteiger partial charge in [0.1, 0.15) is 12.1 Å². The fourth-order valence-electron chi connectivity index (χ4n) is 1.27. The molecule has 0 aromatic carbocycles. The molecule has 0 saturated carbocycles. The van der Waals surface area contributed by atoms with Gasteiger partial charge in [-0.2, -0.15) is 0 Å². The second-order valence-electron chi connectivity index (χ2n) is 3.01. The lowest BCUT2D eigenvalue weighted by Crippen LogP contribution is -2.00. The molecule has 6 heteroatoms. The van der Waals surface area contributed by atoms with Crippen LogP contribution in [-0.4, -0.2) is 31.9 Å². The minimum Gasteiger partial charge on any atom is -0.476 e. The summed E-state index contributed by atoms with van der Waals surface area (Å²) in [7, 11) is 0. The summed E-state index contributed by atoms with van der Waals surface area (Å²) in [5, 5.41) is 8.71. The Morgan fingerprint density at radius 3 is 2.88 bits per heavy atom. The molecule has 0 radical (unpaired) electrons. The van der Waals surface area contributed by atoms with E-state index in [1.54, 1.807) is 12.1 Å². The monoisotopic (exact) mass is 217 g/mol. The van der Waals surface area contributed by atoms with Crippen LogP contribution < -0.4 is 0 Å². The van der Waals surface area contributed by atoms with Crippen LogP contribution in [0.25, 0.3) is 5.82 Å². The quantitative estimate of drug-likeness (QED) is 0.768. The highest BCUT2D eigenvalue weighted by Gasteiger charge is 2.10. The third-order valence-electron chi connectivity index (χ3n) is 1.99. The summed E-state index contributed by atoms with van der Waals surface area (Å²) in [5.74, 6) is -0.764. The van der Waals surface area contributed by atoms with Crippen molar-refractivity contribution in [1.29, 1.82) is 0 Å². The van der Waals surface area contributed by atoms with E-state index < -0.39 is 5.97 Å². The predicted octanol–water partition coefficient (Wildman–Crippen LogP) is 0.778. The number of nitrogens with zero attached hydrogens (tertiary/aromatic N) is 3. The minimum absolute atomic E-state index is 0.0949. The molecule has 0 unspecified atom stereocenters. The third-order valence-corrected chi connectivity index (χ3v) is 1.99. The van der Waals surface area contributed by atoms with Crippen molar-refractivity contribution in [1.82, 2.24) is 14.5 Å². The molecule has 0 atom stereocenters. The van der Waals surface area contributed by atoms with E-state index >= 15 is 0 Å². The van der Waals surface area contributed by atoms with Crippen molar-refractivity contribution < 1.29 is 14.7 Å². The summed E-state index contributed by atoms with van der Waals surface area (Å²) in [5.41, 5.74) is 0.277. The second-order valence-corrected chi connectivity index (χ2v) is 3.01. The second kappa shape index (κ2) is 3.93. The van der Waals surface area contributed by atoms with Crippen molar-refractivity contribution in [2.75, 3.05) is 0 Å². The number of carbonyl (C=O) groups excluding carboxylic acids is 1. The van der Waals surface area contributed by atoms with E-state index in [1.165, 1.54) is 23.3 Å². The molecule has 16 heavy (non-hydrogen) atoms. The van der Waals surface area contributed by atoms with Crippen molar-refractivity contribution in [3.8, 4) is 5.82 Å². The maximum absolute atomic E-state index is 10.8. The lowest BCUT2D eigenvalue weighted by molar-refractivity contribution is 0.0691. The maximum atomic E-state index is 10.8. The number of pyridine rings is 1. The Morgan fingerprint density at radius 2 is 2.25 bits per heavy atom. The lowest BCUT2D eigenvalue weighted by Gasteiger charge is -2.02. The Labute approximate surface area is 90.2 Å². The van der Waals surface area contributed by atoms with Gasteiger partial charge in [0.05, 0.1) is 5.56 Å². The Balaban J connectivity index is 2.50. The van der Waals surface area contributed by atoms with Crippen LogP contribution in [-0.2, 0) is 0 Å². The van der Waals surface area contributed by atoms with Gasteiger partial charge < -0.3 is 5.11 Å². The zero-order chi connectivity index (χ0) is 11.5. The van der Waals surface area contributed by atoms with Gasteiger partial charge >= 0.3 is 5.97 Å². The molecule has 2 heterocycles. The highest BCUT2D eigenvalue weighted by molar-refractivity contribution is 5.85. The summed E-state index contributed by atoms with van der Waals surface area (Å²) in [6.45, 7) is 0. The lowest BCUT2D eigenvalue weighted by atomic mass is 10.3. The Bertz CT molecular complexity index is 548. The number of carboxylic acid groups (broad SMARTS) is 1. The van der Waals surface area contributed by atoms with Crippen LogP contribution in [0.5, 0.6) is 0 Å². The van der Waals surface area contributed by atoms with Crippen molar-refractivity contribution in [3.05, 3.63) is 42.1 Å². The number of aromatic nitrogens is 3. The number of hydrogen-bond donors (Lipinski definition) is 1. The molecule has 2 aromatic rings. The zero-order valence-corrected chi connectivity index (χ0v) is 8.07. The largest absolute Gasteiger partial charge is 0.476 e. The van der Waals surface area contributed by atoms with Crippen molar-refractivity contribution in [3.63, 3.8) is 0 Å². The first-order chi connectivity index (χ1) is 7.72. The van der Waals surface area contributed by atoms with Gasteiger partial charge in [0.2, 0.25) is 0 Å². The molecule has 0 saturated heterocycles. The summed E-state index contributed by atoms with van der Waals surface area (Å²) in [4.78, 5) is 29.1. The average Bonchev–Trinajstić information content (AvgIpc) is 2.78. The average molecular weight is 217 g/mol. The molecule has 0 amide bonds. The van der Waals surface area contributed by atoms with Crippen LogP contribution in [0.1, 0.15) is 20.8 Å².